The Hall–Kier alpha value is -2.34. The molecule has 0 aliphatic heterocycles. The van der Waals surface area contributed by atoms with Gasteiger partial charge >= 0.3 is 0 Å². The van der Waals surface area contributed by atoms with E-state index in [1.807, 2.05) is 31.2 Å². The molecule has 0 radical (unpaired) electrons. The third-order valence-corrected chi connectivity index (χ3v) is 3.21. The zero-order valence-electron chi connectivity index (χ0n) is 12.1. The van der Waals surface area contributed by atoms with Gasteiger partial charge in [0.05, 0.1) is 0 Å². The third kappa shape index (κ3) is 3.36. The standard InChI is InChI=1S/C20H20/c1-4-6-10-17(5-2)19-13-16(3)14-20(15-19)18-11-8-7-9-12-18/h4-15H,2H2,1,3H3/b6-4-,17-10+. The van der Waals surface area contributed by atoms with Crippen LogP contribution in [0.1, 0.15) is 18.1 Å². The van der Waals surface area contributed by atoms with Crippen LogP contribution in [0.4, 0.5) is 0 Å². The van der Waals surface area contributed by atoms with Crippen molar-refractivity contribution >= 4 is 5.57 Å². The second-order valence-electron chi connectivity index (χ2n) is 4.81. The number of allylic oxidation sites excluding steroid dienone is 5. The molecule has 0 heterocycles. The summed E-state index contributed by atoms with van der Waals surface area (Å²) in [5, 5.41) is 0. The third-order valence-electron chi connectivity index (χ3n) is 3.21. The Morgan fingerprint density at radius 1 is 1.00 bits per heavy atom. The predicted octanol–water partition coefficient (Wildman–Crippen LogP) is 5.81. The molecule has 0 N–H and O–H groups in total. The summed E-state index contributed by atoms with van der Waals surface area (Å²) in [5.74, 6) is 0. The number of aryl methyl sites for hydroxylation is 1. The summed E-state index contributed by atoms with van der Waals surface area (Å²) in [7, 11) is 0. The molecule has 2 aromatic carbocycles. The number of rotatable bonds is 4. The fourth-order valence-corrected chi connectivity index (χ4v) is 2.23. The molecule has 0 heteroatoms. The van der Waals surface area contributed by atoms with Crippen LogP contribution in [0, 0.1) is 6.92 Å². The van der Waals surface area contributed by atoms with Crippen molar-refractivity contribution in [2.45, 2.75) is 13.8 Å². The van der Waals surface area contributed by atoms with Crippen molar-refractivity contribution in [3.05, 3.63) is 90.5 Å². The van der Waals surface area contributed by atoms with E-state index in [9.17, 15) is 0 Å². The first-order chi connectivity index (χ1) is 9.74. The van der Waals surface area contributed by atoms with Gasteiger partial charge in [-0.05, 0) is 47.7 Å². The van der Waals surface area contributed by atoms with Gasteiger partial charge in [-0.25, -0.2) is 0 Å². The van der Waals surface area contributed by atoms with Crippen molar-refractivity contribution in [2.24, 2.45) is 0 Å². The van der Waals surface area contributed by atoms with Crippen LogP contribution in [0.15, 0.2) is 79.4 Å². The fourth-order valence-electron chi connectivity index (χ4n) is 2.23. The van der Waals surface area contributed by atoms with Crippen LogP contribution in [0.5, 0.6) is 0 Å². The zero-order valence-corrected chi connectivity index (χ0v) is 12.1. The first kappa shape index (κ1) is 14.1. The van der Waals surface area contributed by atoms with E-state index in [0.717, 1.165) is 5.57 Å². The SMILES string of the molecule is C=C/C(=C\C=C/C)c1cc(C)cc(-c2ccccc2)c1. The fraction of sp³-hybridized carbons (Fsp3) is 0.100. The predicted molar refractivity (Wildman–Crippen MR) is 89.6 cm³/mol. The van der Waals surface area contributed by atoms with E-state index >= 15 is 0 Å². The monoisotopic (exact) mass is 260 g/mol. The zero-order chi connectivity index (χ0) is 14.4. The molecule has 0 nitrogen and oxygen atoms in total. The Morgan fingerprint density at radius 2 is 1.75 bits per heavy atom. The maximum absolute atomic E-state index is 3.92. The number of benzene rings is 2. The summed E-state index contributed by atoms with van der Waals surface area (Å²) in [6.45, 7) is 8.07. The highest BCUT2D eigenvalue weighted by molar-refractivity contribution is 5.79. The molecule has 0 spiro atoms. The van der Waals surface area contributed by atoms with Crippen LogP contribution in [-0.2, 0) is 0 Å². The van der Waals surface area contributed by atoms with E-state index in [4.69, 9.17) is 0 Å². The van der Waals surface area contributed by atoms with Gasteiger partial charge < -0.3 is 0 Å². The molecule has 0 bridgehead atoms. The lowest BCUT2D eigenvalue weighted by Crippen LogP contribution is -1.86. The average molecular weight is 260 g/mol. The first-order valence-electron chi connectivity index (χ1n) is 6.87. The molecule has 0 aromatic heterocycles. The van der Waals surface area contributed by atoms with E-state index in [-0.39, 0.29) is 0 Å². The molecule has 0 fully saturated rings. The van der Waals surface area contributed by atoms with Gasteiger partial charge in [0.15, 0.2) is 0 Å². The second-order valence-corrected chi connectivity index (χ2v) is 4.81. The van der Waals surface area contributed by atoms with Crippen LogP contribution < -0.4 is 0 Å². The minimum atomic E-state index is 1.14. The molecule has 0 unspecified atom stereocenters. The first-order valence-corrected chi connectivity index (χ1v) is 6.87. The summed E-state index contributed by atoms with van der Waals surface area (Å²) in [4.78, 5) is 0. The van der Waals surface area contributed by atoms with Crippen molar-refractivity contribution in [1.29, 1.82) is 0 Å². The van der Waals surface area contributed by atoms with Gasteiger partial charge in [-0.3, -0.25) is 0 Å². The summed E-state index contributed by atoms with van der Waals surface area (Å²) in [6, 6.07) is 17.1. The highest BCUT2D eigenvalue weighted by Crippen LogP contribution is 2.26. The van der Waals surface area contributed by atoms with E-state index in [2.05, 4.69) is 62.0 Å². The Bertz CT molecular complexity index is 643. The topological polar surface area (TPSA) is 0 Å². The van der Waals surface area contributed by atoms with Crippen molar-refractivity contribution in [3.63, 3.8) is 0 Å². The van der Waals surface area contributed by atoms with Gasteiger partial charge in [0, 0.05) is 0 Å². The number of hydrogen-bond donors (Lipinski definition) is 0. The largest absolute Gasteiger partial charge is 0.0984 e. The minimum absolute atomic E-state index is 1.14. The van der Waals surface area contributed by atoms with Crippen molar-refractivity contribution < 1.29 is 0 Å². The molecule has 0 saturated carbocycles. The van der Waals surface area contributed by atoms with E-state index in [1.54, 1.807) is 0 Å². The molecule has 0 saturated heterocycles. The molecule has 0 aliphatic carbocycles. The summed E-state index contributed by atoms with van der Waals surface area (Å²) in [6.07, 6.45) is 8.07. The lowest BCUT2D eigenvalue weighted by molar-refractivity contribution is 1.44. The van der Waals surface area contributed by atoms with Crippen LogP contribution in [0.2, 0.25) is 0 Å². The van der Waals surface area contributed by atoms with Gasteiger partial charge in [0.1, 0.15) is 0 Å². The molecular weight excluding hydrogens is 240 g/mol. The van der Waals surface area contributed by atoms with Crippen LogP contribution in [0.25, 0.3) is 16.7 Å². The Balaban J connectivity index is 2.51. The second kappa shape index (κ2) is 6.72. The maximum Gasteiger partial charge on any atom is -0.0175 e. The Morgan fingerprint density at radius 3 is 2.40 bits per heavy atom. The van der Waals surface area contributed by atoms with Gasteiger partial charge in [0.2, 0.25) is 0 Å². The van der Waals surface area contributed by atoms with Crippen LogP contribution >= 0.6 is 0 Å². The van der Waals surface area contributed by atoms with Crippen LogP contribution in [0.3, 0.4) is 0 Å². The van der Waals surface area contributed by atoms with Crippen molar-refractivity contribution in [1.82, 2.24) is 0 Å². The minimum Gasteiger partial charge on any atom is -0.0984 e. The van der Waals surface area contributed by atoms with E-state index < -0.39 is 0 Å². The molecule has 0 atom stereocenters. The van der Waals surface area contributed by atoms with E-state index in [0.29, 0.717) is 0 Å². The summed E-state index contributed by atoms with van der Waals surface area (Å²) >= 11 is 0. The van der Waals surface area contributed by atoms with Gasteiger partial charge in [-0.2, -0.15) is 0 Å². The van der Waals surface area contributed by atoms with Gasteiger partial charge in [0.25, 0.3) is 0 Å². The Kier molecular flexibility index (Phi) is 4.73. The molecular formula is C20H20. The molecule has 20 heavy (non-hydrogen) atoms. The molecule has 100 valence electrons. The quantitative estimate of drug-likeness (QED) is 0.609. The summed E-state index contributed by atoms with van der Waals surface area (Å²) in [5.41, 5.74) is 6.09. The smallest absolute Gasteiger partial charge is 0.0175 e. The molecule has 0 amide bonds. The van der Waals surface area contributed by atoms with Crippen molar-refractivity contribution in [2.75, 3.05) is 0 Å². The van der Waals surface area contributed by atoms with Crippen LogP contribution in [-0.4, -0.2) is 0 Å². The average Bonchev–Trinajstić information content (AvgIpc) is 2.48. The number of hydrogen-bond acceptors (Lipinski definition) is 0. The lowest BCUT2D eigenvalue weighted by atomic mass is 9.96. The Labute approximate surface area is 121 Å². The van der Waals surface area contributed by atoms with Crippen molar-refractivity contribution in [3.8, 4) is 11.1 Å². The lowest BCUT2D eigenvalue weighted by Gasteiger charge is -2.09. The molecule has 2 aromatic rings. The normalized spacial score (nSPS) is 11.8. The highest BCUT2D eigenvalue weighted by Gasteiger charge is 2.03. The van der Waals surface area contributed by atoms with Gasteiger partial charge in [-0.1, -0.05) is 73.3 Å². The van der Waals surface area contributed by atoms with E-state index in [1.165, 1.54) is 22.3 Å². The molecule has 0 aliphatic rings. The summed E-state index contributed by atoms with van der Waals surface area (Å²) < 4.78 is 0. The highest BCUT2D eigenvalue weighted by atomic mass is 14.1. The molecule has 2 rings (SSSR count). The maximum atomic E-state index is 3.92. The van der Waals surface area contributed by atoms with Gasteiger partial charge in [-0.15, -0.1) is 0 Å².